The number of likely N-dealkylation sites (tertiary alicyclic amines) is 1. The van der Waals surface area contributed by atoms with Crippen LogP contribution in [-0.4, -0.2) is 101 Å². The molecular weight excluding hydrogens is 743 g/mol. The van der Waals surface area contributed by atoms with Gasteiger partial charge in [0.2, 0.25) is 0 Å². The fourth-order valence-corrected chi connectivity index (χ4v) is 7.25. The van der Waals surface area contributed by atoms with Crippen LogP contribution < -0.4 is 20.1 Å². The molecule has 0 unspecified atom stereocenters. The van der Waals surface area contributed by atoms with Crippen LogP contribution in [0.5, 0.6) is 11.5 Å². The van der Waals surface area contributed by atoms with Crippen LogP contribution in [0.25, 0.3) is 27.6 Å². The van der Waals surface area contributed by atoms with Gasteiger partial charge in [-0.3, -0.25) is 4.79 Å². The first-order valence-electron chi connectivity index (χ1n) is 19.1. The third kappa shape index (κ3) is 13.6. The van der Waals surface area contributed by atoms with Crippen LogP contribution in [0, 0.1) is 12.7 Å². The van der Waals surface area contributed by atoms with E-state index in [1.807, 2.05) is 13.0 Å². The van der Waals surface area contributed by atoms with Gasteiger partial charge in [0.15, 0.2) is 0 Å². The number of ether oxygens (including phenoxy) is 2. The zero-order valence-corrected chi connectivity index (χ0v) is 33.7. The summed E-state index contributed by atoms with van der Waals surface area (Å²) in [5.74, 6) is 1.38. The molecule has 6 rings (SSSR count). The van der Waals surface area contributed by atoms with Gasteiger partial charge in [0.1, 0.15) is 23.5 Å². The van der Waals surface area contributed by atoms with Crippen LogP contribution in [0.1, 0.15) is 48.4 Å². The number of nitrogens with zero attached hydrogens (tertiary/aromatic N) is 3. The van der Waals surface area contributed by atoms with E-state index in [0.29, 0.717) is 18.4 Å². The molecule has 2 aliphatic rings. The molecular formula is C44H57F5N4O4. The molecule has 2 aliphatic heterocycles. The zero-order chi connectivity index (χ0) is 42.1. The minimum atomic E-state index is -3.67. The van der Waals surface area contributed by atoms with Gasteiger partial charge < -0.3 is 35.0 Å². The highest BCUT2D eigenvalue weighted by atomic mass is 19.4. The van der Waals surface area contributed by atoms with Crippen molar-refractivity contribution in [2.24, 2.45) is 5.73 Å². The van der Waals surface area contributed by atoms with Crippen molar-refractivity contribution in [3.63, 3.8) is 0 Å². The molecule has 0 atom stereocenters. The van der Waals surface area contributed by atoms with E-state index in [9.17, 15) is 22.0 Å². The number of halogens is 5. The van der Waals surface area contributed by atoms with Crippen LogP contribution >= 0.6 is 0 Å². The Labute approximate surface area is 333 Å². The molecule has 0 saturated carbocycles. The summed E-state index contributed by atoms with van der Waals surface area (Å²) in [5, 5.41) is 9.40. The number of piperidine rings is 1. The van der Waals surface area contributed by atoms with Gasteiger partial charge in [0.25, 0.3) is 6.47 Å². The first kappa shape index (κ1) is 46.5. The number of alkyl halides is 4. The zero-order valence-electron chi connectivity index (χ0n) is 33.7. The molecule has 2 heterocycles. The molecule has 0 spiro atoms. The molecule has 0 bridgehead atoms. The van der Waals surface area contributed by atoms with Gasteiger partial charge in [-0.1, -0.05) is 56.3 Å². The largest absolute Gasteiger partial charge is 0.496 e. The molecule has 3 N–H and O–H groups in total. The average molecular weight is 801 g/mol. The number of hydrogen-bond acceptors (Lipinski definition) is 7. The monoisotopic (exact) mass is 800 g/mol. The number of fused-ring (bicyclic) bond motifs is 1. The van der Waals surface area contributed by atoms with Gasteiger partial charge in [0, 0.05) is 62.8 Å². The molecule has 2 fully saturated rings. The van der Waals surface area contributed by atoms with E-state index in [0.717, 1.165) is 99.0 Å². The van der Waals surface area contributed by atoms with Crippen molar-refractivity contribution in [1.29, 1.82) is 0 Å². The normalized spacial score (nSPS) is 14.8. The third-order valence-corrected chi connectivity index (χ3v) is 10.1. The maximum atomic E-state index is 14.0. The van der Waals surface area contributed by atoms with Crippen molar-refractivity contribution in [3.05, 3.63) is 95.3 Å². The summed E-state index contributed by atoms with van der Waals surface area (Å²) in [6, 6.07) is 20.8. The number of carbonyl (C=O) groups is 1. The van der Waals surface area contributed by atoms with Gasteiger partial charge in [-0.2, -0.15) is 13.2 Å². The van der Waals surface area contributed by atoms with Crippen molar-refractivity contribution in [2.75, 3.05) is 72.0 Å². The second kappa shape index (κ2) is 23.4. The van der Waals surface area contributed by atoms with Crippen molar-refractivity contribution >= 4 is 28.6 Å². The van der Waals surface area contributed by atoms with Crippen molar-refractivity contribution in [1.82, 2.24) is 9.80 Å². The van der Waals surface area contributed by atoms with E-state index in [4.69, 9.17) is 25.1 Å². The lowest BCUT2D eigenvalue weighted by atomic mass is 9.92. The summed E-state index contributed by atoms with van der Waals surface area (Å²) in [5.41, 5.74) is 12.8. The number of nitrogens with two attached hydrogens (primary N) is 1. The first-order valence-corrected chi connectivity index (χ1v) is 19.1. The standard InChI is InChI=1S/C28H34FNO2.C14H20FN3.CHF3.CH2O2/c1-4-7-21-8-5-10-24-23(21)9-6-11-25(24)28-26(31-2)18-20(19-27(28)32-3)12-15-30-16-13-22(29)14-17-30;1-10-8-12(9-13(15)14(10)11(2)16)18-6-4-17(3)5-7-18;2-1(3)4;2-1-3/h5-6,8-11,18-19,22H,4,7,12-17H2,1-3H3;8-9H,2,4-7,16H2,1,3H3;1H;1H,(H,2,3). The van der Waals surface area contributed by atoms with Crippen LogP contribution in [0.3, 0.4) is 0 Å². The quantitative estimate of drug-likeness (QED) is 0.121. The summed E-state index contributed by atoms with van der Waals surface area (Å²) in [4.78, 5) is 15.2. The molecule has 57 heavy (non-hydrogen) atoms. The predicted molar refractivity (Wildman–Crippen MR) is 221 cm³/mol. The second-order valence-corrected chi connectivity index (χ2v) is 14.0. The van der Waals surface area contributed by atoms with Crippen molar-refractivity contribution < 1.29 is 41.3 Å². The summed E-state index contributed by atoms with van der Waals surface area (Å²) in [7, 11) is 5.55. The Morgan fingerprint density at radius 3 is 2.02 bits per heavy atom. The van der Waals surface area contributed by atoms with Crippen molar-refractivity contribution in [3.8, 4) is 22.6 Å². The number of rotatable bonds is 10. The van der Waals surface area contributed by atoms with Crippen LogP contribution in [0.4, 0.5) is 27.6 Å². The highest BCUT2D eigenvalue weighted by molar-refractivity contribution is 6.01. The van der Waals surface area contributed by atoms with E-state index in [-0.39, 0.29) is 18.0 Å². The Bertz CT molecular complexity index is 1830. The van der Waals surface area contributed by atoms with Gasteiger partial charge >= 0.3 is 6.68 Å². The smallest absolute Gasteiger partial charge is 0.379 e. The molecule has 0 aromatic heterocycles. The molecule has 0 amide bonds. The Hall–Kier alpha value is -4.88. The molecule has 0 aliphatic carbocycles. The molecule has 0 radical (unpaired) electrons. The number of carboxylic acid groups (broad SMARTS) is 1. The minimum absolute atomic E-state index is 0.250. The van der Waals surface area contributed by atoms with E-state index < -0.39 is 12.9 Å². The van der Waals surface area contributed by atoms with E-state index in [1.54, 1.807) is 20.3 Å². The third-order valence-electron chi connectivity index (χ3n) is 10.1. The predicted octanol–water partition coefficient (Wildman–Crippen LogP) is 9.15. The SMILES string of the molecule is C=C(N)c1c(C)cc(N2CCN(C)CC2)cc1F.CCCc1cccc2c(-c3c(OC)cc(CCN4CCC(F)CC4)cc3OC)cccc12.FC(F)F.O=CO. The van der Waals surface area contributed by atoms with Crippen LogP contribution in [0.2, 0.25) is 0 Å². The topological polar surface area (TPSA) is 91.5 Å². The Morgan fingerprint density at radius 1 is 0.930 bits per heavy atom. The highest BCUT2D eigenvalue weighted by Crippen LogP contribution is 2.43. The van der Waals surface area contributed by atoms with Crippen LogP contribution in [0.15, 0.2) is 67.2 Å². The fraction of sp³-hybridized carbons (Fsp3) is 0.432. The van der Waals surface area contributed by atoms with Gasteiger partial charge in [-0.05, 0) is 96.9 Å². The van der Waals surface area contributed by atoms with Crippen molar-refractivity contribution in [2.45, 2.75) is 58.8 Å². The second-order valence-electron chi connectivity index (χ2n) is 14.0. The van der Waals surface area contributed by atoms with Gasteiger partial charge in [-0.25, -0.2) is 8.78 Å². The maximum Gasteiger partial charge on any atom is 0.379 e. The average Bonchev–Trinajstić information content (AvgIpc) is 3.17. The number of methoxy groups -OCH3 is 2. The lowest BCUT2D eigenvalue weighted by molar-refractivity contribution is -0.122. The number of hydrogen-bond donors (Lipinski definition) is 2. The number of likely N-dealkylation sites (N-methyl/N-ethyl adjacent to an activating group) is 1. The summed E-state index contributed by atoms with van der Waals surface area (Å²) < 4.78 is 68.2. The van der Waals surface area contributed by atoms with Crippen LogP contribution in [-0.2, 0) is 17.6 Å². The summed E-state index contributed by atoms with van der Waals surface area (Å²) in [6.45, 7) is 10.3. The molecule has 4 aromatic rings. The molecule has 2 saturated heterocycles. The Kier molecular flexibility index (Phi) is 19.1. The maximum absolute atomic E-state index is 14.0. The molecule has 8 nitrogen and oxygen atoms in total. The Morgan fingerprint density at radius 2 is 1.49 bits per heavy atom. The first-order chi connectivity index (χ1) is 27.3. The van der Waals surface area contributed by atoms with E-state index >= 15 is 0 Å². The summed E-state index contributed by atoms with van der Waals surface area (Å²) >= 11 is 0. The fourth-order valence-electron chi connectivity index (χ4n) is 7.25. The van der Waals surface area contributed by atoms with Gasteiger partial charge in [-0.15, -0.1) is 0 Å². The summed E-state index contributed by atoms with van der Waals surface area (Å²) in [6.07, 6.45) is 3.73. The number of anilines is 1. The van der Waals surface area contributed by atoms with E-state index in [1.165, 1.54) is 21.9 Å². The Balaban J connectivity index is 0.000000292. The van der Waals surface area contributed by atoms with E-state index in [2.05, 4.69) is 83.8 Å². The molecule has 312 valence electrons. The molecule has 4 aromatic carbocycles. The lowest BCUT2D eigenvalue weighted by Gasteiger charge is -2.34. The molecule has 13 heteroatoms. The lowest BCUT2D eigenvalue weighted by Crippen LogP contribution is -2.44. The van der Waals surface area contributed by atoms with Gasteiger partial charge in [0.05, 0.1) is 19.8 Å². The highest BCUT2D eigenvalue weighted by Gasteiger charge is 2.21. The minimum Gasteiger partial charge on any atom is -0.496 e. The number of benzene rings is 4. The number of aryl methyl sites for hydroxylation is 2. The number of piperazine rings is 1.